The predicted molar refractivity (Wildman–Crippen MR) is 89.0 cm³/mol. The molecule has 1 aliphatic carbocycles. The second-order valence-corrected chi connectivity index (χ2v) is 7.01. The van der Waals surface area contributed by atoms with Crippen LogP contribution in [0.3, 0.4) is 0 Å². The van der Waals surface area contributed by atoms with Crippen LogP contribution in [0.4, 0.5) is 5.69 Å². The summed E-state index contributed by atoms with van der Waals surface area (Å²) < 4.78 is 0.949. The molecule has 0 bridgehead atoms. The second-order valence-electron chi connectivity index (χ2n) is 6.09. The van der Waals surface area contributed by atoms with Gasteiger partial charge in [-0.1, -0.05) is 33.9 Å². The summed E-state index contributed by atoms with van der Waals surface area (Å²) in [5.41, 5.74) is 7.81. The van der Waals surface area contributed by atoms with Crippen molar-refractivity contribution in [2.45, 2.75) is 44.6 Å². The number of oxime groups is 1. The molecule has 4 nitrogen and oxygen atoms in total. The highest BCUT2D eigenvalue weighted by atomic mass is 79.9. The summed E-state index contributed by atoms with van der Waals surface area (Å²) in [5.74, 6) is 0.987. The summed E-state index contributed by atoms with van der Waals surface area (Å²) in [7, 11) is 0. The number of halogens is 1. The van der Waals surface area contributed by atoms with Gasteiger partial charge in [0.05, 0.1) is 0 Å². The van der Waals surface area contributed by atoms with Crippen molar-refractivity contribution in [2.24, 2.45) is 16.8 Å². The molecule has 3 rings (SSSR count). The van der Waals surface area contributed by atoms with Gasteiger partial charge in [-0.25, -0.2) is 0 Å². The summed E-state index contributed by atoms with van der Waals surface area (Å²) in [5, 5.41) is 12.3. The Kier molecular flexibility index (Phi) is 4.38. The van der Waals surface area contributed by atoms with Gasteiger partial charge in [0.15, 0.2) is 5.84 Å². The van der Waals surface area contributed by atoms with E-state index in [0.29, 0.717) is 6.04 Å². The van der Waals surface area contributed by atoms with Gasteiger partial charge in [-0.05, 0) is 49.8 Å². The SMILES string of the molecule is N/C(=N/O)c1cc(Br)ccc1N1CCC[C@H]2CCCC[C@H]21. The molecule has 1 heterocycles. The van der Waals surface area contributed by atoms with Gasteiger partial charge in [0.1, 0.15) is 0 Å². The van der Waals surface area contributed by atoms with E-state index < -0.39 is 0 Å². The van der Waals surface area contributed by atoms with Crippen molar-refractivity contribution >= 4 is 27.5 Å². The number of hydrogen-bond donors (Lipinski definition) is 2. The van der Waals surface area contributed by atoms with Crippen molar-refractivity contribution in [1.82, 2.24) is 0 Å². The molecule has 0 aromatic heterocycles. The van der Waals surface area contributed by atoms with E-state index in [-0.39, 0.29) is 5.84 Å². The van der Waals surface area contributed by atoms with Crippen LogP contribution >= 0.6 is 15.9 Å². The molecule has 0 unspecified atom stereocenters. The zero-order chi connectivity index (χ0) is 14.8. The van der Waals surface area contributed by atoms with E-state index >= 15 is 0 Å². The highest BCUT2D eigenvalue weighted by Gasteiger charge is 2.34. The van der Waals surface area contributed by atoms with Crippen LogP contribution in [-0.2, 0) is 0 Å². The number of amidine groups is 1. The Morgan fingerprint density at radius 3 is 2.81 bits per heavy atom. The zero-order valence-corrected chi connectivity index (χ0v) is 13.7. The highest BCUT2D eigenvalue weighted by Crippen LogP contribution is 2.39. The molecule has 1 saturated carbocycles. The molecule has 2 aliphatic rings. The first-order valence-corrected chi connectivity index (χ1v) is 8.54. The lowest BCUT2D eigenvalue weighted by Crippen LogP contribution is -2.47. The molecule has 2 fully saturated rings. The predicted octanol–water partition coefficient (Wildman–Crippen LogP) is 3.70. The lowest BCUT2D eigenvalue weighted by Gasteiger charge is -2.46. The molecule has 114 valence electrons. The van der Waals surface area contributed by atoms with Crippen LogP contribution in [0.5, 0.6) is 0 Å². The van der Waals surface area contributed by atoms with E-state index in [1.165, 1.54) is 38.5 Å². The average molecular weight is 352 g/mol. The number of nitrogens with zero attached hydrogens (tertiary/aromatic N) is 2. The van der Waals surface area contributed by atoms with Crippen molar-refractivity contribution in [1.29, 1.82) is 0 Å². The Labute approximate surface area is 134 Å². The molecule has 1 aliphatic heterocycles. The van der Waals surface area contributed by atoms with Gasteiger partial charge in [0, 0.05) is 28.3 Å². The second kappa shape index (κ2) is 6.26. The Hall–Kier alpha value is -1.23. The molecule has 2 atom stereocenters. The quantitative estimate of drug-likeness (QED) is 0.369. The van der Waals surface area contributed by atoms with Crippen molar-refractivity contribution < 1.29 is 5.21 Å². The number of anilines is 1. The van der Waals surface area contributed by atoms with Gasteiger partial charge < -0.3 is 15.8 Å². The topological polar surface area (TPSA) is 61.9 Å². The highest BCUT2D eigenvalue weighted by molar-refractivity contribution is 9.10. The van der Waals surface area contributed by atoms with E-state index in [9.17, 15) is 0 Å². The average Bonchev–Trinajstić information content (AvgIpc) is 2.53. The fourth-order valence-corrected chi connectivity index (χ4v) is 4.30. The number of benzene rings is 1. The molecule has 1 saturated heterocycles. The monoisotopic (exact) mass is 351 g/mol. The van der Waals surface area contributed by atoms with Gasteiger partial charge in [-0.15, -0.1) is 0 Å². The van der Waals surface area contributed by atoms with Crippen molar-refractivity contribution in [3.63, 3.8) is 0 Å². The first-order chi connectivity index (χ1) is 10.2. The number of rotatable bonds is 2. The maximum atomic E-state index is 9.06. The summed E-state index contributed by atoms with van der Waals surface area (Å²) in [6, 6.07) is 6.68. The van der Waals surface area contributed by atoms with Crippen LogP contribution in [0, 0.1) is 5.92 Å². The van der Waals surface area contributed by atoms with Crippen molar-refractivity contribution in [3.8, 4) is 0 Å². The van der Waals surface area contributed by atoms with Gasteiger partial charge >= 0.3 is 0 Å². The Balaban J connectivity index is 1.98. The van der Waals surface area contributed by atoms with E-state index in [1.807, 2.05) is 12.1 Å². The minimum absolute atomic E-state index is 0.184. The largest absolute Gasteiger partial charge is 0.409 e. The molecule has 0 amide bonds. The first-order valence-electron chi connectivity index (χ1n) is 7.75. The van der Waals surface area contributed by atoms with Crippen molar-refractivity contribution in [2.75, 3.05) is 11.4 Å². The molecule has 1 aromatic rings. The third-order valence-electron chi connectivity index (χ3n) is 4.89. The molecule has 1 aromatic carbocycles. The lowest BCUT2D eigenvalue weighted by molar-refractivity contribution is 0.244. The van der Waals surface area contributed by atoms with Gasteiger partial charge in [0.25, 0.3) is 0 Å². The third-order valence-corrected chi connectivity index (χ3v) is 5.39. The van der Waals surface area contributed by atoms with E-state index in [1.54, 1.807) is 0 Å². The van der Waals surface area contributed by atoms with Crippen molar-refractivity contribution in [3.05, 3.63) is 28.2 Å². The fraction of sp³-hybridized carbons (Fsp3) is 0.562. The van der Waals surface area contributed by atoms with Crippen LogP contribution in [0.15, 0.2) is 27.8 Å². The molecular formula is C16H22BrN3O. The summed E-state index contributed by atoms with van der Waals surface area (Å²) in [4.78, 5) is 2.49. The van der Waals surface area contributed by atoms with E-state index in [2.05, 4.69) is 32.1 Å². The summed E-state index contributed by atoms with van der Waals surface area (Å²) in [6.45, 7) is 1.06. The van der Waals surface area contributed by atoms with Gasteiger partial charge in [-0.2, -0.15) is 0 Å². The molecule has 0 spiro atoms. The minimum atomic E-state index is 0.184. The smallest absolute Gasteiger partial charge is 0.172 e. The minimum Gasteiger partial charge on any atom is -0.409 e. The Morgan fingerprint density at radius 2 is 2.00 bits per heavy atom. The Morgan fingerprint density at radius 1 is 1.24 bits per heavy atom. The first kappa shape index (κ1) is 14.7. The van der Waals surface area contributed by atoms with Crippen LogP contribution < -0.4 is 10.6 Å². The normalized spacial score (nSPS) is 26.5. The number of hydrogen-bond acceptors (Lipinski definition) is 3. The fourth-order valence-electron chi connectivity index (χ4n) is 3.94. The maximum Gasteiger partial charge on any atom is 0.172 e. The van der Waals surface area contributed by atoms with E-state index in [4.69, 9.17) is 10.9 Å². The molecule has 3 N–H and O–H groups in total. The third kappa shape index (κ3) is 2.89. The summed E-state index contributed by atoms with van der Waals surface area (Å²) in [6.07, 6.45) is 7.85. The summed E-state index contributed by atoms with van der Waals surface area (Å²) >= 11 is 3.48. The number of piperidine rings is 1. The Bertz CT molecular complexity index is 544. The van der Waals surface area contributed by atoms with Crippen LogP contribution in [0.2, 0.25) is 0 Å². The van der Waals surface area contributed by atoms with Gasteiger partial charge in [0.2, 0.25) is 0 Å². The van der Waals surface area contributed by atoms with Gasteiger partial charge in [-0.3, -0.25) is 0 Å². The number of nitrogens with two attached hydrogens (primary N) is 1. The van der Waals surface area contributed by atoms with E-state index in [0.717, 1.165) is 28.2 Å². The molecule has 5 heteroatoms. The zero-order valence-electron chi connectivity index (χ0n) is 12.1. The molecule has 0 radical (unpaired) electrons. The lowest BCUT2D eigenvalue weighted by atomic mass is 9.78. The number of fused-ring (bicyclic) bond motifs is 1. The molecular weight excluding hydrogens is 330 g/mol. The van der Waals surface area contributed by atoms with Crippen LogP contribution in [0.25, 0.3) is 0 Å². The van der Waals surface area contributed by atoms with Crippen LogP contribution in [-0.4, -0.2) is 23.6 Å². The molecule has 21 heavy (non-hydrogen) atoms. The maximum absolute atomic E-state index is 9.06. The van der Waals surface area contributed by atoms with Crippen LogP contribution in [0.1, 0.15) is 44.1 Å². The standard InChI is InChI=1S/C16H22BrN3O/c17-12-7-8-15(13(10-12)16(18)19-21)20-9-3-5-11-4-1-2-6-14(11)20/h7-8,10-11,14,21H,1-6,9H2,(H2,18,19)/t11-,14-/m1/s1.